The zero-order chi connectivity index (χ0) is 15.9. The van der Waals surface area contributed by atoms with E-state index in [9.17, 15) is 9.59 Å². The van der Waals surface area contributed by atoms with Gasteiger partial charge in [-0.1, -0.05) is 6.07 Å². The Kier molecular flexibility index (Phi) is 6.18. The van der Waals surface area contributed by atoms with Crippen molar-refractivity contribution in [3.63, 3.8) is 0 Å². The monoisotopic (exact) mass is 410 g/mol. The summed E-state index contributed by atoms with van der Waals surface area (Å²) in [5, 5.41) is 2.91. The molecule has 1 N–H and O–H groups in total. The Balaban J connectivity index is 1.74. The highest BCUT2D eigenvalue weighted by atomic mass is 127. The zero-order valence-electron chi connectivity index (χ0n) is 12.5. The van der Waals surface area contributed by atoms with Crippen LogP contribution in [0.15, 0.2) is 47.3 Å². The number of amides is 1. The molecule has 5 heteroatoms. The van der Waals surface area contributed by atoms with Gasteiger partial charge in [0.1, 0.15) is 0 Å². The topological polar surface area (TPSA) is 51.1 Å². The van der Waals surface area contributed by atoms with Crippen LogP contribution in [0.2, 0.25) is 0 Å². The highest BCUT2D eigenvalue weighted by molar-refractivity contribution is 14.1. The predicted molar refractivity (Wildman–Crippen MR) is 96.2 cm³/mol. The van der Waals surface area contributed by atoms with E-state index in [2.05, 4.69) is 27.9 Å². The number of hydrogen-bond donors (Lipinski definition) is 1. The minimum Gasteiger partial charge on any atom is -0.352 e. The van der Waals surface area contributed by atoms with Crippen molar-refractivity contribution in [1.82, 2.24) is 9.88 Å². The molecule has 22 heavy (non-hydrogen) atoms. The van der Waals surface area contributed by atoms with Crippen molar-refractivity contribution < 1.29 is 4.79 Å². The molecule has 0 atom stereocenters. The van der Waals surface area contributed by atoms with E-state index in [4.69, 9.17) is 0 Å². The van der Waals surface area contributed by atoms with Crippen molar-refractivity contribution in [3.05, 3.63) is 67.6 Å². The quantitative estimate of drug-likeness (QED) is 0.588. The molecule has 0 saturated heterocycles. The minimum absolute atomic E-state index is 0.0305. The highest BCUT2D eigenvalue weighted by Crippen LogP contribution is 2.06. The molecule has 0 aliphatic heterocycles. The van der Waals surface area contributed by atoms with Gasteiger partial charge in [0, 0.05) is 34.0 Å². The molecule has 0 spiro atoms. The summed E-state index contributed by atoms with van der Waals surface area (Å²) in [4.78, 5) is 23.6. The van der Waals surface area contributed by atoms with Gasteiger partial charge in [-0.05, 0) is 72.7 Å². The van der Waals surface area contributed by atoms with Crippen LogP contribution in [0, 0.1) is 10.5 Å². The molecule has 1 heterocycles. The third kappa shape index (κ3) is 4.69. The summed E-state index contributed by atoms with van der Waals surface area (Å²) < 4.78 is 2.87. The molecule has 1 aromatic carbocycles. The van der Waals surface area contributed by atoms with E-state index in [1.165, 1.54) is 0 Å². The van der Waals surface area contributed by atoms with Crippen LogP contribution in [0.4, 0.5) is 0 Å². The number of nitrogens with one attached hydrogen (secondary N) is 1. The van der Waals surface area contributed by atoms with E-state index in [0.29, 0.717) is 18.7 Å². The van der Waals surface area contributed by atoms with Crippen molar-refractivity contribution in [2.45, 2.75) is 26.3 Å². The van der Waals surface area contributed by atoms with Crippen molar-refractivity contribution in [2.75, 3.05) is 6.54 Å². The Morgan fingerprint density at radius 2 is 1.86 bits per heavy atom. The summed E-state index contributed by atoms with van der Waals surface area (Å²) in [6.07, 6.45) is 1.70. The van der Waals surface area contributed by atoms with Crippen LogP contribution < -0.4 is 10.9 Å². The summed E-state index contributed by atoms with van der Waals surface area (Å²) in [5.41, 5.74) is 1.67. The molecule has 0 aliphatic rings. The summed E-state index contributed by atoms with van der Waals surface area (Å²) in [6.45, 7) is 3.23. The second-order valence-corrected chi connectivity index (χ2v) is 6.37. The van der Waals surface area contributed by atoms with Crippen molar-refractivity contribution in [3.8, 4) is 0 Å². The number of aryl methyl sites for hydroxylation is 1. The van der Waals surface area contributed by atoms with Gasteiger partial charge in [-0.15, -0.1) is 0 Å². The molecule has 1 amide bonds. The second kappa shape index (κ2) is 8.12. The highest BCUT2D eigenvalue weighted by Gasteiger charge is 2.04. The van der Waals surface area contributed by atoms with Crippen LogP contribution in [0.25, 0.3) is 0 Å². The summed E-state index contributed by atoms with van der Waals surface area (Å²) >= 11 is 2.21. The maximum atomic E-state index is 11.9. The summed E-state index contributed by atoms with van der Waals surface area (Å²) in [5.74, 6) is -0.0514. The molecular formula is C17H19IN2O2. The molecule has 0 unspecified atom stereocenters. The second-order valence-electron chi connectivity index (χ2n) is 5.13. The third-order valence-corrected chi connectivity index (χ3v) is 4.19. The standard InChI is InChI=1S/C17H19IN2O2/c1-13-5-4-6-16(21)20(13)12-3-2-11-19-17(22)14-7-9-15(18)10-8-14/h4-10H,2-3,11-12H2,1H3,(H,19,22). The lowest BCUT2D eigenvalue weighted by atomic mass is 10.2. The van der Waals surface area contributed by atoms with E-state index >= 15 is 0 Å². The van der Waals surface area contributed by atoms with Crippen LogP contribution in [0.1, 0.15) is 28.9 Å². The number of benzene rings is 1. The number of halogens is 1. The van der Waals surface area contributed by atoms with Gasteiger partial charge in [-0.2, -0.15) is 0 Å². The molecule has 0 bridgehead atoms. The van der Waals surface area contributed by atoms with E-state index in [1.54, 1.807) is 16.7 Å². The average molecular weight is 410 g/mol. The lowest BCUT2D eigenvalue weighted by molar-refractivity contribution is 0.0953. The van der Waals surface area contributed by atoms with E-state index in [0.717, 1.165) is 22.1 Å². The zero-order valence-corrected chi connectivity index (χ0v) is 14.7. The largest absolute Gasteiger partial charge is 0.352 e. The Bertz CT molecular complexity index is 693. The SMILES string of the molecule is Cc1cccc(=O)n1CCCCNC(=O)c1ccc(I)cc1. The molecule has 0 saturated carbocycles. The fourth-order valence-corrected chi connectivity index (χ4v) is 2.57. The molecule has 1 aromatic heterocycles. The van der Waals surface area contributed by atoms with Gasteiger partial charge in [-0.25, -0.2) is 0 Å². The van der Waals surface area contributed by atoms with Gasteiger partial charge < -0.3 is 9.88 Å². The van der Waals surface area contributed by atoms with Crippen molar-refractivity contribution in [1.29, 1.82) is 0 Å². The first kappa shape index (κ1) is 16.7. The van der Waals surface area contributed by atoms with Crippen LogP contribution in [0.5, 0.6) is 0 Å². The molecule has 0 fully saturated rings. The molecular weight excluding hydrogens is 391 g/mol. The Morgan fingerprint density at radius 1 is 1.14 bits per heavy atom. The smallest absolute Gasteiger partial charge is 0.251 e. The predicted octanol–water partition coefficient (Wildman–Crippen LogP) is 2.97. The Hall–Kier alpha value is -1.63. The number of hydrogen-bond acceptors (Lipinski definition) is 2. The van der Waals surface area contributed by atoms with Crippen LogP contribution >= 0.6 is 22.6 Å². The molecule has 0 aliphatic carbocycles. The first-order valence-electron chi connectivity index (χ1n) is 7.28. The Morgan fingerprint density at radius 3 is 2.55 bits per heavy atom. The Labute approximate surface area is 143 Å². The van der Waals surface area contributed by atoms with Gasteiger partial charge in [0.25, 0.3) is 11.5 Å². The van der Waals surface area contributed by atoms with Gasteiger partial charge in [0.2, 0.25) is 0 Å². The summed E-state index contributed by atoms with van der Waals surface area (Å²) in [6, 6.07) is 12.8. The molecule has 4 nitrogen and oxygen atoms in total. The van der Waals surface area contributed by atoms with E-state index in [-0.39, 0.29) is 11.5 Å². The fourth-order valence-electron chi connectivity index (χ4n) is 2.21. The molecule has 2 aromatic rings. The first-order valence-corrected chi connectivity index (χ1v) is 8.36. The van der Waals surface area contributed by atoms with Crippen LogP contribution in [0.3, 0.4) is 0 Å². The lowest BCUT2D eigenvalue weighted by Gasteiger charge is -2.09. The van der Waals surface area contributed by atoms with Gasteiger partial charge in [-0.3, -0.25) is 9.59 Å². The maximum Gasteiger partial charge on any atom is 0.251 e. The number of pyridine rings is 1. The lowest BCUT2D eigenvalue weighted by Crippen LogP contribution is -2.25. The fraction of sp³-hybridized carbons (Fsp3) is 0.294. The number of carbonyl (C=O) groups is 1. The minimum atomic E-state index is -0.0514. The normalized spacial score (nSPS) is 10.5. The molecule has 0 radical (unpaired) electrons. The number of rotatable bonds is 6. The van der Waals surface area contributed by atoms with Crippen LogP contribution in [-0.2, 0) is 6.54 Å². The summed E-state index contributed by atoms with van der Waals surface area (Å²) in [7, 11) is 0. The van der Waals surface area contributed by atoms with E-state index in [1.807, 2.05) is 37.3 Å². The van der Waals surface area contributed by atoms with Gasteiger partial charge in [0.15, 0.2) is 0 Å². The third-order valence-electron chi connectivity index (χ3n) is 3.47. The van der Waals surface area contributed by atoms with Gasteiger partial charge in [0.05, 0.1) is 0 Å². The number of aromatic nitrogens is 1. The molecule has 116 valence electrons. The van der Waals surface area contributed by atoms with Crippen molar-refractivity contribution in [2.24, 2.45) is 0 Å². The number of nitrogens with zero attached hydrogens (tertiary/aromatic N) is 1. The number of unbranched alkanes of at least 4 members (excludes halogenated alkanes) is 1. The maximum absolute atomic E-state index is 11.9. The van der Waals surface area contributed by atoms with Gasteiger partial charge >= 0.3 is 0 Å². The average Bonchev–Trinajstić information content (AvgIpc) is 2.50. The van der Waals surface area contributed by atoms with E-state index < -0.39 is 0 Å². The molecule has 2 rings (SSSR count). The first-order chi connectivity index (χ1) is 10.6. The van der Waals surface area contributed by atoms with Crippen LogP contribution in [-0.4, -0.2) is 17.0 Å². The number of carbonyl (C=O) groups excluding carboxylic acids is 1. The van der Waals surface area contributed by atoms with Crippen molar-refractivity contribution >= 4 is 28.5 Å².